The standard InChI is InChI=1S/C17H25N3O2/c1-13-5-6-14(11-18-13)19-9-10-20(17(12-19)7-8-17)15(21)22-16(2,3)4/h5-6,11H,7-10,12H2,1-4H3. The van der Waals surface area contributed by atoms with Crippen LogP contribution in [-0.2, 0) is 4.74 Å². The van der Waals surface area contributed by atoms with E-state index in [-0.39, 0.29) is 11.6 Å². The van der Waals surface area contributed by atoms with Crippen LogP contribution in [0, 0.1) is 6.92 Å². The molecule has 1 amide bonds. The molecule has 0 aromatic carbocycles. The molecule has 120 valence electrons. The maximum Gasteiger partial charge on any atom is 0.410 e. The first-order valence-corrected chi connectivity index (χ1v) is 7.97. The third-order valence-electron chi connectivity index (χ3n) is 4.35. The van der Waals surface area contributed by atoms with Crippen LogP contribution in [0.3, 0.4) is 0 Å². The normalized spacial score (nSPS) is 20.2. The van der Waals surface area contributed by atoms with E-state index in [1.165, 1.54) is 0 Å². The predicted octanol–water partition coefficient (Wildman–Crippen LogP) is 2.98. The van der Waals surface area contributed by atoms with Gasteiger partial charge >= 0.3 is 6.09 Å². The highest BCUT2D eigenvalue weighted by Gasteiger charge is 2.54. The number of anilines is 1. The van der Waals surface area contributed by atoms with Gasteiger partial charge in [0.25, 0.3) is 0 Å². The van der Waals surface area contributed by atoms with E-state index in [2.05, 4.69) is 16.0 Å². The Labute approximate surface area is 132 Å². The van der Waals surface area contributed by atoms with E-state index >= 15 is 0 Å². The second-order valence-corrected chi connectivity index (χ2v) is 7.44. The zero-order chi connectivity index (χ0) is 16.0. The van der Waals surface area contributed by atoms with Crippen molar-refractivity contribution in [2.24, 2.45) is 0 Å². The van der Waals surface area contributed by atoms with Gasteiger partial charge < -0.3 is 9.64 Å². The lowest BCUT2D eigenvalue weighted by molar-refractivity contribution is 0.0106. The summed E-state index contributed by atoms with van der Waals surface area (Å²) < 4.78 is 5.57. The van der Waals surface area contributed by atoms with Gasteiger partial charge in [0.05, 0.1) is 17.4 Å². The van der Waals surface area contributed by atoms with Crippen LogP contribution in [0.25, 0.3) is 0 Å². The summed E-state index contributed by atoms with van der Waals surface area (Å²) in [4.78, 5) is 21.1. The number of ether oxygens (including phenoxy) is 1. The van der Waals surface area contributed by atoms with Gasteiger partial charge in [-0.05, 0) is 52.7 Å². The first-order valence-electron chi connectivity index (χ1n) is 7.97. The topological polar surface area (TPSA) is 45.7 Å². The van der Waals surface area contributed by atoms with Crippen molar-refractivity contribution in [2.45, 2.75) is 51.7 Å². The van der Waals surface area contributed by atoms with E-state index < -0.39 is 5.60 Å². The summed E-state index contributed by atoms with van der Waals surface area (Å²) in [6.07, 6.45) is 3.87. The number of hydrogen-bond donors (Lipinski definition) is 0. The van der Waals surface area contributed by atoms with E-state index in [9.17, 15) is 4.79 Å². The molecule has 5 nitrogen and oxygen atoms in total. The number of carbonyl (C=O) groups is 1. The van der Waals surface area contributed by atoms with Crippen LogP contribution in [0.5, 0.6) is 0 Å². The SMILES string of the molecule is Cc1ccc(N2CCN(C(=O)OC(C)(C)C)C3(CC3)C2)cn1. The Morgan fingerprint density at radius 3 is 2.55 bits per heavy atom. The van der Waals surface area contributed by atoms with Crippen LogP contribution in [0.1, 0.15) is 39.3 Å². The molecule has 1 aliphatic heterocycles. The van der Waals surface area contributed by atoms with Crippen molar-refractivity contribution < 1.29 is 9.53 Å². The number of hydrogen-bond acceptors (Lipinski definition) is 4. The molecule has 2 aliphatic rings. The van der Waals surface area contributed by atoms with Gasteiger partial charge in [-0.25, -0.2) is 4.79 Å². The minimum Gasteiger partial charge on any atom is -0.444 e. The monoisotopic (exact) mass is 303 g/mol. The smallest absolute Gasteiger partial charge is 0.410 e. The lowest BCUT2D eigenvalue weighted by Gasteiger charge is -2.43. The summed E-state index contributed by atoms with van der Waals surface area (Å²) >= 11 is 0. The molecule has 1 aromatic rings. The molecule has 1 saturated carbocycles. The van der Waals surface area contributed by atoms with Crippen molar-refractivity contribution in [2.75, 3.05) is 24.5 Å². The third-order valence-corrected chi connectivity index (χ3v) is 4.35. The fourth-order valence-electron chi connectivity index (χ4n) is 3.02. The minimum atomic E-state index is -0.439. The molecule has 0 atom stereocenters. The second-order valence-electron chi connectivity index (χ2n) is 7.44. The van der Waals surface area contributed by atoms with Crippen molar-refractivity contribution in [1.82, 2.24) is 9.88 Å². The van der Waals surface area contributed by atoms with E-state index in [0.29, 0.717) is 6.54 Å². The molecular formula is C17H25N3O2. The molecule has 22 heavy (non-hydrogen) atoms. The maximum atomic E-state index is 12.4. The molecule has 1 saturated heterocycles. The fourth-order valence-corrected chi connectivity index (χ4v) is 3.02. The molecule has 0 radical (unpaired) electrons. The summed E-state index contributed by atoms with van der Waals surface area (Å²) in [5, 5.41) is 0. The van der Waals surface area contributed by atoms with Gasteiger partial charge in [0, 0.05) is 25.3 Å². The quantitative estimate of drug-likeness (QED) is 0.800. The van der Waals surface area contributed by atoms with Crippen molar-refractivity contribution >= 4 is 11.8 Å². The Kier molecular flexibility index (Phi) is 3.54. The zero-order valence-electron chi connectivity index (χ0n) is 13.9. The highest BCUT2D eigenvalue weighted by molar-refractivity contribution is 5.71. The summed E-state index contributed by atoms with van der Waals surface area (Å²) in [6.45, 7) is 10.1. The van der Waals surface area contributed by atoms with E-state index in [1.54, 1.807) is 0 Å². The summed E-state index contributed by atoms with van der Waals surface area (Å²) in [5.41, 5.74) is 1.69. The largest absolute Gasteiger partial charge is 0.444 e. The number of carbonyl (C=O) groups excluding carboxylic acids is 1. The fraction of sp³-hybridized carbons (Fsp3) is 0.647. The van der Waals surface area contributed by atoms with Crippen LogP contribution in [0.2, 0.25) is 0 Å². The van der Waals surface area contributed by atoms with Crippen LogP contribution in [0.4, 0.5) is 10.5 Å². The molecule has 5 heteroatoms. The van der Waals surface area contributed by atoms with Gasteiger partial charge in [0.2, 0.25) is 0 Å². The van der Waals surface area contributed by atoms with Gasteiger partial charge in [-0.15, -0.1) is 0 Å². The van der Waals surface area contributed by atoms with Crippen molar-refractivity contribution in [3.05, 3.63) is 24.0 Å². The molecule has 0 bridgehead atoms. The number of nitrogens with zero attached hydrogens (tertiary/aromatic N) is 3. The van der Waals surface area contributed by atoms with Gasteiger partial charge in [0.15, 0.2) is 0 Å². The first-order chi connectivity index (χ1) is 10.3. The summed E-state index contributed by atoms with van der Waals surface area (Å²) in [6, 6.07) is 4.15. The van der Waals surface area contributed by atoms with Gasteiger partial charge in [0.1, 0.15) is 5.60 Å². The molecule has 2 fully saturated rings. The van der Waals surface area contributed by atoms with E-state index in [1.807, 2.05) is 44.9 Å². The van der Waals surface area contributed by atoms with Gasteiger partial charge in [-0.3, -0.25) is 9.88 Å². The number of aromatic nitrogens is 1. The van der Waals surface area contributed by atoms with Crippen molar-refractivity contribution in [1.29, 1.82) is 0 Å². The Bertz CT molecular complexity index is 558. The Morgan fingerprint density at radius 2 is 2.00 bits per heavy atom. The lowest BCUT2D eigenvalue weighted by Crippen LogP contribution is -2.58. The highest BCUT2D eigenvalue weighted by atomic mass is 16.6. The Hall–Kier alpha value is -1.78. The second kappa shape index (κ2) is 5.14. The van der Waals surface area contributed by atoms with E-state index in [0.717, 1.165) is 37.3 Å². The Balaban J connectivity index is 1.70. The number of piperazine rings is 1. The molecule has 1 aliphatic carbocycles. The lowest BCUT2D eigenvalue weighted by atomic mass is 10.1. The van der Waals surface area contributed by atoms with Crippen LogP contribution in [-0.4, -0.2) is 46.8 Å². The zero-order valence-corrected chi connectivity index (χ0v) is 13.9. The predicted molar refractivity (Wildman–Crippen MR) is 86.1 cm³/mol. The molecule has 3 rings (SSSR count). The number of aryl methyl sites for hydroxylation is 1. The average molecular weight is 303 g/mol. The average Bonchev–Trinajstić information content (AvgIpc) is 3.17. The van der Waals surface area contributed by atoms with Crippen molar-refractivity contribution in [3.63, 3.8) is 0 Å². The van der Waals surface area contributed by atoms with Gasteiger partial charge in [-0.2, -0.15) is 0 Å². The van der Waals surface area contributed by atoms with Crippen LogP contribution in [0.15, 0.2) is 18.3 Å². The molecule has 2 heterocycles. The van der Waals surface area contributed by atoms with Crippen molar-refractivity contribution in [3.8, 4) is 0 Å². The summed E-state index contributed by atoms with van der Waals surface area (Å²) in [5.74, 6) is 0. The molecule has 0 N–H and O–H groups in total. The molecular weight excluding hydrogens is 278 g/mol. The number of rotatable bonds is 1. The first kappa shape index (κ1) is 15.1. The molecule has 0 unspecified atom stereocenters. The summed E-state index contributed by atoms with van der Waals surface area (Å²) in [7, 11) is 0. The number of amides is 1. The van der Waals surface area contributed by atoms with Crippen LogP contribution >= 0.6 is 0 Å². The minimum absolute atomic E-state index is 0.0362. The molecule has 1 aromatic heterocycles. The van der Waals surface area contributed by atoms with Crippen LogP contribution < -0.4 is 4.90 Å². The highest BCUT2D eigenvalue weighted by Crippen LogP contribution is 2.45. The third kappa shape index (κ3) is 3.03. The van der Waals surface area contributed by atoms with Gasteiger partial charge in [-0.1, -0.05) is 0 Å². The molecule has 1 spiro atoms. The Morgan fingerprint density at radius 1 is 1.27 bits per heavy atom. The maximum absolute atomic E-state index is 12.4. The number of pyridine rings is 1. The van der Waals surface area contributed by atoms with E-state index in [4.69, 9.17) is 4.74 Å².